The number of fused-ring (bicyclic) bond motifs is 1. The summed E-state index contributed by atoms with van der Waals surface area (Å²) < 4.78 is 3.37. The van der Waals surface area contributed by atoms with Crippen LogP contribution in [-0.2, 0) is 6.54 Å². The van der Waals surface area contributed by atoms with E-state index in [1.54, 1.807) is 11.3 Å². The molecule has 0 spiro atoms. The first-order valence-corrected chi connectivity index (χ1v) is 8.16. The quantitative estimate of drug-likeness (QED) is 0.742. The van der Waals surface area contributed by atoms with Crippen LogP contribution in [0.25, 0.3) is 4.96 Å². The van der Waals surface area contributed by atoms with Gasteiger partial charge in [-0.05, 0) is 38.5 Å². The van der Waals surface area contributed by atoms with Crippen LogP contribution in [0.4, 0.5) is 5.69 Å². The molecular weight excluding hydrogens is 334 g/mol. The van der Waals surface area contributed by atoms with Crippen LogP contribution in [0.1, 0.15) is 22.6 Å². The van der Waals surface area contributed by atoms with E-state index < -0.39 is 0 Å². The van der Waals surface area contributed by atoms with E-state index in [0.717, 1.165) is 27.4 Å². The van der Waals surface area contributed by atoms with Gasteiger partial charge in [-0.15, -0.1) is 11.3 Å². The zero-order valence-corrected chi connectivity index (χ0v) is 14.1. The summed E-state index contributed by atoms with van der Waals surface area (Å²) in [5.74, 6) is 0. The van der Waals surface area contributed by atoms with E-state index in [0.29, 0.717) is 0 Å². The van der Waals surface area contributed by atoms with Gasteiger partial charge in [0.25, 0.3) is 0 Å². The van der Waals surface area contributed by atoms with E-state index in [9.17, 15) is 0 Å². The number of nitrogens with one attached hydrogen (secondary N) is 1. The van der Waals surface area contributed by atoms with Gasteiger partial charge in [-0.2, -0.15) is 0 Å². The third-order valence-electron chi connectivity index (χ3n) is 3.54. The second-order valence-corrected chi connectivity index (χ2v) is 6.60. The summed E-state index contributed by atoms with van der Waals surface area (Å²) in [4.78, 5) is 5.69. The molecule has 0 aliphatic heterocycles. The zero-order valence-electron chi connectivity index (χ0n) is 11.7. The van der Waals surface area contributed by atoms with Crippen LogP contribution in [0.2, 0.25) is 0 Å². The van der Waals surface area contributed by atoms with Gasteiger partial charge in [0, 0.05) is 21.2 Å². The highest BCUT2D eigenvalue weighted by molar-refractivity contribution is 9.10. The molecule has 3 rings (SSSR count). The van der Waals surface area contributed by atoms with E-state index in [1.165, 1.54) is 17.0 Å². The standard InChI is InChI=1S/C15H16BrN3S/c1-9-8-20-15-18-11(3)14(19(9)15)7-17-13-6-4-5-12(16)10(13)2/h4-6,8,17H,7H2,1-3H3. The van der Waals surface area contributed by atoms with E-state index >= 15 is 0 Å². The first-order valence-electron chi connectivity index (χ1n) is 6.49. The van der Waals surface area contributed by atoms with Crippen molar-refractivity contribution in [3.63, 3.8) is 0 Å². The molecule has 0 fully saturated rings. The van der Waals surface area contributed by atoms with Crippen LogP contribution >= 0.6 is 27.3 Å². The number of hydrogen-bond acceptors (Lipinski definition) is 3. The van der Waals surface area contributed by atoms with Crippen molar-refractivity contribution in [1.82, 2.24) is 9.38 Å². The fourth-order valence-corrected chi connectivity index (χ4v) is 3.65. The van der Waals surface area contributed by atoms with E-state index in [2.05, 4.69) is 68.9 Å². The van der Waals surface area contributed by atoms with Crippen molar-refractivity contribution in [1.29, 1.82) is 0 Å². The molecule has 0 aliphatic rings. The summed E-state index contributed by atoms with van der Waals surface area (Å²) >= 11 is 5.26. The maximum Gasteiger partial charge on any atom is 0.194 e. The molecule has 0 atom stereocenters. The van der Waals surface area contributed by atoms with Gasteiger partial charge in [0.2, 0.25) is 0 Å². The Labute approximate surface area is 130 Å². The molecule has 1 N–H and O–H groups in total. The number of benzene rings is 1. The molecule has 104 valence electrons. The Hall–Kier alpha value is -1.33. The van der Waals surface area contributed by atoms with Crippen LogP contribution in [0.3, 0.4) is 0 Å². The third kappa shape index (κ3) is 2.25. The van der Waals surface area contributed by atoms with Gasteiger partial charge >= 0.3 is 0 Å². The lowest BCUT2D eigenvalue weighted by Crippen LogP contribution is -2.05. The van der Waals surface area contributed by atoms with Gasteiger partial charge in [-0.3, -0.25) is 4.40 Å². The second-order valence-electron chi connectivity index (χ2n) is 4.90. The number of halogens is 1. The highest BCUT2D eigenvalue weighted by atomic mass is 79.9. The third-order valence-corrected chi connectivity index (χ3v) is 5.35. The van der Waals surface area contributed by atoms with Crippen LogP contribution < -0.4 is 5.32 Å². The molecule has 3 aromatic rings. The molecule has 0 saturated carbocycles. The fraction of sp³-hybridized carbons (Fsp3) is 0.267. The number of anilines is 1. The molecule has 0 saturated heterocycles. The summed E-state index contributed by atoms with van der Waals surface area (Å²) in [6.07, 6.45) is 0. The zero-order chi connectivity index (χ0) is 14.3. The molecule has 2 aromatic heterocycles. The summed E-state index contributed by atoms with van der Waals surface area (Å²) in [5.41, 5.74) is 5.96. The Morgan fingerprint density at radius 1 is 1.30 bits per heavy atom. The molecule has 2 heterocycles. The molecular formula is C15H16BrN3S. The Bertz CT molecular complexity index is 773. The Kier molecular flexibility index (Phi) is 3.56. The topological polar surface area (TPSA) is 29.3 Å². The van der Waals surface area contributed by atoms with Gasteiger partial charge in [0.15, 0.2) is 4.96 Å². The molecule has 5 heteroatoms. The van der Waals surface area contributed by atoms with Crippen LogP contribution in [0.5, 0.6) is 0 Å². The molecule has 0 unspecified atom stereocenters. The summed E-state index contributed by atoms with van der Waals surface area (Å²) in [5, 5.41) is 5.67. The molecule has 0 amide bonds. The number of aryl methyl sites for hydroxylation is 2. The molecule has 20 heavy (non-hydrogen) atoms. The number of thiazole rings is 1. The summed E-state index contributed by atoms with van der Waals surface area (Å²) in [6, 6.07) is 6.22. The minimum Gasteiger partial charge on any atom is -0.379 e. The monoisotopic (exact) mass is 349 g/mol. The first-order chi connectivity index (χ1) is 9.58. The predicted octanol–water partition coefficient (Wildman–Crippen LogP) is 4.70. The smallest absolute Gasteiger partial charge is 0.194 e. The van der Waals surface area contributed by atoms with Crippen molar-refractivity contribution in [3.8, 4) is 0 Å². The highest BCUT2D eigenvalue weighted by Crippen LogP contribution is 2.25. The van der Waals surface area contributed by atoms with Gasteiger partial charge in [-0.25, -0.2) is 4.98 Å². The molecule has 0 radical (unpaired) electrons. The first kappa shape index (κ1) is 13.6. The van der Waals surface area contributed by atoms with Crippen molar-refractivity contribution in [2.24, 2.45) is 0 Å². The maximum absolute atomic E-state index is 4.62. The number of imidazole rings is 1. The number of nitrogens with zero attached hydrogens (tertiary/aromatic N) is 2. The number of rotatable bonds is 3. The van der Waals surface area contributed by atoms with Gasteiger partial charge in [0.05, 0.1) is 17.9 Å². The molecule has 1 aromatic carbocycles. The lowest BCUT2D eigenvalue weighted by atomic mass is 10.2. The van der Waals surface area contributed by atoms with E-state index in [4.69, 9.17) is 0 Å². The fourth-order valence-electron chi connectivity index (χ4n) is 2.35. The molecule has 3 nitrogen and oxygen atoms in total. The minimum atomic E-state index is 0.780. The van der Waals surface area contributed by atoms with E-state index in [-0.39, 0.29) is 0 Å². The number of hydrogen-bond donors (Lipinski definition) is 1. The van der Waals surface area contributed by atoms with Crippen molar-refractivity contribution in [2.75, 3.05) is 5.32 Å². The van der Waals surface area contributed by atoms with Crippen LogP contribution in [0, 0.1) is 20.8 Å². The Balaban J connectivity index is 1.92. The number of aromatic nitrogens is 2. The largest absolute Gasteiger partial charge is 0.379 e. The average molecular weight is 350 g/mol. The Morgan fingerprint density at radius 2 is 2.10 bits per heavy atom. The van der Waals surface area contributed by atoms with Crippen molar-refractivity contribution >= 4 is 37.9 Å². The molecule has 0 aliphatic carbocycles. The van der Waals surface area contributed by atoms with Crippen molar-refractivity contribution < 1.29 is 0 Å². The van der Waals surface area contributed by atoms with E-state index in [1.807, 2.05) is 6.07 Å². The predicted molar refractivity (Wildman–Crippen MR) is 88.7 cm³/mol. The SMILES string of the molecule is Cc1nc2scc(C)n2c1CNc1cccc(Br)c1C. The second kappa shape index (κ2) is 5.22. The maximum atomic E-state index is 4.62. The van der Waals surface area contributed by atoms with Gasteiger partial charge < -0.3 is 5.32 Å². The summed E-state index contributed by atoms with van der Waals surface area (Å²) in [7, 11) is 0. The minimum absolute atomic E-state index is 0.780. The highest BCUT2D eigenvalue weighted by Gasteiger charge is 2.12. The lowest BCUT2D eigenvalue weighted by Gasteiger charge is -2.11. The lowest BCUT2D eigenvalue weighted by molar-refractivity contribution is 0.964. The Morgan fingerprint density at radius 3 is 2.90 bits per heavy atom. The van der Waals surface area contributed by atoms with Crippen LogP contribution in [-0.4, -0.2) is 9.38 Å². The van der Waals surface area contributed by atoms with Crippen molar-refractivity contribution in [2.45, 2.75) is 27.3 Å². The molecule has 0 bridgehead atoms. The van der Waals surface area contributed by atoms with Crippen LogP contribution in [0.15, 0.2) is 28.1 Å². The average Bonchev–Trinajstić information content (AvgIpc) is 2.92. The summed E-state index contributed by atoms with van der Waals surface area (Å²) in [6.45, 7) is 7.09. The normalized spacial score (nSPS) is 11.2. The van der Waals surface area contributed by atoms with Crippen molar-refractivity contribution in [3.05, 3.63) is 50.7 Å². The van der Waals surface area contributed by atoms with Gasteiger partial charge in [-0.1, -0.05) is 22.0 Å². The van der Waals surface area contributed by atoms with Gasteiger partial charge in [0.1, 0.15) is 0 Å².